The lowest BCUT2D eigenvalue weighted by Gasteiger charge is -2.28. The topological polar surface area (TPSA) is 56.3 Å². The van der Waals surface area contributed by atoms with E-state index < -0.39 is 5.60 Å². The highest BCUT2D eigenvalue weighted by Gasteiger charge is 2.24. The Balaban J connectivity index is 1.87. The SMILES string of the molecule is COC(C)(CNc1nc(C)cc(C)n1)COCc1ccccc1. The molecule has 2 rings (SSSR count). The average Bonchev–Trinajstić information content (AvgIpc) is 2.53. The molecule has 1 aromatic carbocycles. The van der Waals surface area contributed by atoms with E-state index in [1.165, 1.54) is 0 Å². The third-order valence-electron chi connectivity index (χ3n) is 3.61. The van der Waals surface area contributed by atoms with Crippen molar-refractivity contribution >= 4 is 5.95 Å². The molecule has 0 aliphatic rings. The quantitative estimate of drug-likeness (QED) is 0.811. The maximum atomic E-state index is 5.81. The minimum atomic E-state index is -0.449. The summed E-state index contributed by atoms with van der Waals surface area (Å²) in [6.07, 6.45) is 0. The van der Waals surface area contributed by atoms with Crippen LogP contribution in [0.1, 0.15) is 23.9 Å². The predicted molar refractivity (Wildman–Crippen MR) is 91.5 cm³/mol. The van der Waals surface area contributed by atoms with Crippen molar-refractivity contribution in [2.75, 3.05) is 25.6 Å². The molecule has 0 radical (unpaired) electrons. The van der Waals surface area contributed by atoms with Crippen LogP contribution in [0.15, 0.2) is 36.4 Å². The van der Waals surface area contributed by atoms with E-state index in [1.54, 1.807) is 7.11 Å². The normalized spacial score (nSPS) is 13.6. The van der Waals surface area contributed by atoms with E-state index in [1.807, 2.05) is 57.2 Å². The Morgan fingerprint density at radius 3 is 2.35 bits per heavy atom. The summed E-state index contributed by atoms with van der Waals surface area (Å²) in [7, 11) is 1.69. The van der Waals surface area contributed by atoms with Gasteiger partial charge in [0.25, 0.3) is 0 Å². The van der Waals surface area contributed by atoms with Crippen molar-refractivity contribution in [2.24, 2.45) is 0 Å². The number of anilines is 1. The van der Waals surface area contributed by atoms with Gasteiger partial charge in [0.1, 0.15) is 5.60 Å². The predicted octanol–water partition coefficient (Wildman–Crippen LogP) is 3.13. The Kier molecular flexibility index (Phi) is 6.07. The molecule has 1 unspecified atom stereocenters. The molecule has 0 fully saturated rings. The molecule has 124 valence electrons. The smallest absolute Gasteiger partial charge is 0.223 e. The summed E-state index contributed by atoms with van der Waals surface area (Å²) < 4.78 is 11.4. The lowest BCUT2D eigenvalue weighted by Crippen LogP contribution is -2.41. The molecule has 0 aliphatic heterocycles. The standard InChI is InChI=1S/C18H25N3O2/c1-14-10-15(2)21-17(20-14)19-12-18(3,22-4)13-23-11-16-8-6-5-7-9-16/h5-10H,11-13H2,1-4H3,(H,19,20,21). The molecule has 1 atom stereocenters. The summed E-state index contributed by atoms with van der Waals surface area (Å²) in [5.41, 5.74) is 2.59. The van der Waals surface area contributed by atoms with Crippen LogP contribution in [0.3, 0.4) is 0 Å². The maximum Gasteiger partial charge on any atom is 0.223 e. The monoisotopic (exact) mass is 315 g/mol. The van der Waals surface area contributed by atoms with Crippen LogP contribution in [0, 0.1) is 13.8 Å². The number of hydrogen-bond acceptors (Lipinski definition) is 5. The first kappa shape index (κ1) is 17.4. The Morgan fingerprint density at radius 1 is 1.09 bits per heavy atom. The number of rotatable bonds is 8. The molecule has 1 heterocycles. The third kappa shape index (κ3) is 5.62. The van der Waals surface area contributed by atoms with Gasteiger partial charge in [-0.3, -0.25) is 0 Å². The first-order valence-electron chi connectivity index (χ1n) is 7.74. The minimum absolute atomic E-state index is 0.449. The summed E-state index contributed by atoms with van der Waals surface area (Å²) in [6.45, 7) is 7.54. The van der Waals surface area contributed by atoms with Crippen molar-refractivity contribution in [3.63, 3.8) is 0 Å². The summed E-state index contributed by atoms with van der Waals surface area (Å²) in [5.74, 6) is 0.619. The second-order valence-electron chi connectivity index (χ2n) is 5.96. The van der Waals surface area contributed by atoms with Crippen LogP contribution in [-0.2, 0) is 16.1 Å². The Hall–Kier alpha value is -1.98. The molecule has 0 bridgehead atoms. The highest BCUT2D eigenvalue weighted by atomic mass is 16.5. The van der Waals surface area contributed by atoms with Crippen LogP contribution in [0.2, 0.25) is 0 Å². The van der Waals surface area contributed by atoms with Crippen LogP contribution < -0.4 is 5.32 Å². The van der Waals surface area contributed by atoms with Gasteiger partial charge in [0, 0.05) is 25.0 Å². The number of aromatic nitrogens is 2. The van der Waals surface area contributed by atoms with Gasteiger partial charge in [0.2, 0.25) is 5.95 Å². The van der Waals surface area contributed by atoms with Crippen molar-refractivity contribution in [1.29, 1.82) is 0 Å². The van der Waals surface area contributed by atoms with E-state index in [2.05, 4.69) is 15.3 Å². The van der Waals surface area contributed by atoms with Gasteiger partial charge < -0.3 is 14.8 Å². The van der Waals surface area contributed by atoms with Crippen molar-refractivity contribution in [2.45, 2.75) is 33.0 Å². The van der Waals surface area contributed by atoms with Gasteiger partial charge in [-0.1, -0.05) is 30.3 Å². The van der Waals surface area contributed by atoms with Crippen LogP contribution in [0.4, 0.5) is 5.95 Å². The fourth-order valence-corrected chi connectivity index (χ4v) is 2.21. The summed E-state index contributed by atoms with van der Waals surface area (Å²) in [5, 5.41) is 3.24. The Bertz CT molecular complexity index is 599. The summed E-state index contributed by atoms with van der Waals surface area (Å²) in [6, 6.07) is 12.1. The van der Waals surface area contributed by atoms with E-state index in [0.717, 1.165) is 17.0 Å². The van der Waals surface area contributed by atoms with Crippen LogP contribution in [-0.4, -0.2) is 35.8 Å². The maximum absolute atomic E-state index is 5.81. The van der Waals surface area contributed by atoms with Crippen molar-refractivity contribution in [3.8, 4) is 0 Å². The van der Waals surface area contributed by atoms with Gasteiger partial charge in [-0.2, -0.15) is 0 Å². The second kappa shape index (κ2) is 8.04. The molecule has 0 aliphatic carbocycles. The molecule has 23 heavy (non-hydrogen) atoms. The van der Waals surface area contributed by atoms with E-state index in [9.17, 15) is 0 Å². The first-order valence-corrected chi connectivity index (χ1v) is 7.74. The summed E-state index contributed by atoms with van der Waals surface area (Å²) in [4.78, 5) is 8.76. The van der Waals surface area contributed by atoms with Gasteiger partial charge in [0.15, 0.2) is 0 Å². The lowest BCUT2D eigenvalue weighted by atomic mass is 10.1. The van der Waals surface area contributed by atoms with Gasteiger partial charge in [0.05, 0.1) is 13.2 Å². The third-order valence-corrected chi connectivity index (χ3v) is 3.61. The van der Waals surface area contributed by atoms with Crippen molar-refractivity contribution in [3.05, 3.63) is 53.3 Å². The van der Waals surface area contributed by atoms with Crippen LogP contribution in [0.25, 0.3) is 0 Å². The molecule has 1 aromatic heterocycles. The highest BCUT2D eigenvalue weighted by Crippen LogP contribution is 2.13. The van der Waals surface area contributed by atoms with Gasteiger partial charge in [-0.25, -0.2) is 9.97 Å². The molecule has 5 nitrogen and oxygen atoms in total. The number of aryl methyl sites for hydroxylation is 2. The molecular weight excluding hydrogens is 290 g/mol. The average molecular weight is 315 g/mol. The zero-order valence-corrected chi connectivity index (χ0v) is 14.3. The largest absolute Gasteiger partial charge is 0.374 e. The molecule has 2 aromatic rings. The van der Waals surface area contributed by atoms with E-state index in [0.29, 0.717) is 25.7 Å². The van der Waals surface area contributed by atoms with Gasteiger partial charge in [-0.05, 0) is 32.4 Å². The minimum Gasteiger partial charge on any atom is -0.374 e. The fourth-order valence-electron chi connectivity index (χ4n) is 2.21. The summed E-state index contributed by atoms with van der Waals surface area (Å²) >= 11 is 0. The molecule has 0 saturated carbocycles. The van der Waals surface area contributed by atoms with Gasteiger partial charge >= 0.3 is 0 Å². The number of nitrogens with zero attached hydrogens (tertiary/aromatic N) is 2. The number of methoxy groups -OCH3 is 1. The highest BCUT2D eigenvalue weighted by molar-refractivity contribution is 5.28. The fraction of sp³-hybridized carbons (Fsp3) is 0.444. The second-order valence-corrected chi connectivity index (χ2v) is 5.96. The first-order chi connectivity index (χ1) is 11.0. The van der Waals surface area contributed by atoms with E-state index >= 15 is 0 Å². The molecule has 0 spiro atoms. The van der Waals surface area contributed by atoms with Crippen LogP contribution >= 0.6 is 0 Å². The van der Waals surface area contributed by atoms with E-state index in [4.69, 9.17) is 9.47 Å². The number of benzene rings is 1. The zero-order valence-electron chi connectivity index (χ0n) is 14.3. The molecule has 5 heteroatoms. The van der Waals surface area contributed by atoms with Crippen molar-refractivity contribution < 1.29 is 9.47 Å². The Labute approximate surface area is 138 Å². The zero-order chi connectivity index (χ0) is 16.7. The van der Waals surface area contributed by atoms with E-state index in [-0.39, 0.29) is 0 Å². The number of ether oxygens (including phenoxy) is 2. The molecule has 0 saturated heterocycles. The molecule has 1 N–H and O–H groups in total. The number of nitrogens with one attached hydrogen (secondary N) is 1. The number of hydrogen-bond donors (Lipinski definition) is 1. The van der Waals surface area contributed by atoms with Crippen molar-refractivity contribution in [1.82, 2.24) is 9.97 Å². The molecular formula is C18H25N3O2. The van der Waals surface area contributed by atoms with Gasteiger partial charge in [-0.15, -0.1) is 0 Å². The molecule has 0 amide bonds. The Morgan fingerprint density at radius 2 is 1.74 bits per heavy atom. The van der Waals surface area contributed by atoms with Crippen LogP contribution in [0.5, 0.6) is 0 Å². The lowest BCUT2D eigenvalue weighted by molar-refractivity contribution is -0.0589.